The zero-order chi connectivity index (χ0) is 13.1. The molecule has 18 heavy (non-hydrogen) atoms. The Morgan fingerprint density at radius 1 is 1.00 bits per heavy atom. The first kappa shape index (κ1) is 14.3. The molecule has 2 aliphatic carbocycles. The third-order valence-corrected chi connectivity index (χ3v) is 5.42. The monoisotopic (exact) mass is 252 g/mol. The van der Waals surface area contributed by atoms with Gasteiger partial charge in [-0.05, 0) is 56.9 Å². The molecule has 0 spiro atoms. The molecule has 2 saturated carbocycles. The van der Waals surface area contributed by atoms with E-state index in [2.05, 4.69) is 25.7 Å². The highest BCUT2D eigenvalue weighted by Crippen LogP contribution is 2.35. The molecular weight excluding hydrogens is 220 g/mol. The summed E-state index contributed by atoms with van der Waals surface area (Å²) in [6.45, 7) is 8.47. The van der Waals surface area contributed by atoms with Gasteiger partial charge in [0.25, 0.3) is 0 Å². The normalized spacial score (nSPS) is 42.2. The summed E-state index contributed by atoms with van der Waals surface area (Å²) < 4.78 is 0. The minimum atomic E-state index is 0.475. The second-order valence-corrected chi connectivity index (χ2v) is 6.86. The summed E-state index contributed by atoms with van der Waals surface area (Å²) in [6, 6.07) is 2.12. The average Bonchev–Trinajstić information content (AvgIpc) is 2.37. The molecule has 2 fully saturated rings. The van der Waals surface area contributed by atoms with Crippen molar-refractivity contribution in [2.45, 2.75) is 83.8 Å². The van der Waals surface area contributed by atoms with Crippen LogP contribution in [0.3, 0.4) is 0 Å². The first-order valence-electron chi connectivity index (χ1n) is 8.13. The molecule has 0 aromatic rings. The molecule has 0 heterocycles. The van der Waals surface area contributed by atoms with Crippen LogP contribution in [-0.2, 0) is 0 Å². The molecule has 3 atom stereocenters. The van der Waals surface area contributed by atoms with Crippen molar-refractivity contribution >= 4 is 0 Å². The number of nitrogens with zero attached hydrogens (tertiary/aromatic N) is 1. The highest BCUT2D eigenvalue weighted by atomic mass is 15.2. The van der Waals surface area contributed by atoms with Gasteiger partial charge in [0, 0.05) is 18.1 Å². The van der Waals surface area contributed by atoms with Gasteiger partial charge in [0.2, 0.25) is 0 Å². The number of nitrogens with two attached hydrogens (primary N) is 1. The summed E-state index contributed by atoms with van der Waals surface area (Å²) in [5, 5.41) is 0. The van der Waals surface area contributed by atoms with Crippen molar-refractivity contribution in [2.75, 3.05) is 6.54 Å². The van der Waals surface area contributed by atoms with E-state index in [1.807, 2.05) is 0 Å². The summed E-state index contributed by atoms with van der Waals surface area (Å²) in [6.07, 6.45) is 9.39. The van der Waals surface area contributed by atoms with Gasteiger partial charge >= 0.3 is 0 Å². The Hall–Kier alpha value is -0.0800. The third-order valence-electron chi connectivity index (χ3n) is 5.42. The Bertz CT molecular complexity index is 245. The highest BCUT2D eigenvalue weighted by Gasteiger charge is 2.34. The molecule has 2 nitrogen and oxygen atoms in total. The maximum absolute atomic E-state index is 6.05. The molecule has 0 aromatic carbocycles. The van der Waals surface area contributed by atoms with Crippen molar-refractivity contribution < 1.29 is 0 Å². The Kier molecular flexibility index (Phi) is 5.08. The molecule has 0 aromatic heterocycles. The van der Waals surface area contributed by atoms with Crippen LogP contribution < -0.4 is 5.73 Å². The zero-order valence-corrected chi connectivity index (χ0v) is 12.6. The van der Waals surface area contributed by atoms with Crippen LogP contribution in [0.5, 0.6) is 0 Å². The molecule has 2 aliphatic rings. The number of hydrogen-bond donors (Lipinski definition) is 1. The van der Waals surface area contributed by atoms with E-state index in [0.29, 0.717) is 6.04 Å². The fourth-order valence-corrected chi connectivity index (χ4v) is 4.16. The van der Waals surface area contributed by atoms with Crippen LogP contribution in [0.4, 0.5) is 0 Å². The van der Waals surface area contributed by atoms with E-state index in [9.17, 15) is 0 Å². The molecule has 2 N–H and O–H groups in total. The highest BCUT2D eigenvalue weighted by molar-refractivity contribution is 4.89. The quantitative estimate of drug-likeness (QED) is 0.834. The first-order chi connectivity index (χ1) is 8.61. The molecule has 2 heteroatoms. The van der Waals surface area contributed by atoms with Gasteiger partial charge in [0.05, 0.1) is 0 Å². The Balaban J connectivity index is 1.98. The van der Waals surface area contributed by atoms with Crippen molar-refractivity contribution in [1.82, 2.24) is 4.90 Å². The van der Waals surface area contributed by atoms with Gasteiger partial charge in [0.15, 0.2) is 0 Å². The molecule has 0 radical (unpaired) electrons. The van der Waals surface area contributed by atoms with Crippen LogP contribution in [0.2, 0.25) is 0 Å². The smallest absolute Gasteiger partial charge is 0.0126 e. The van der Waals surface area contributed by atoms with Gasteiger partial charge in [-0.1, -0.05) is 27.2 Å². The minimum Gasteiger partial charge on any atom is -0.328 e. The van der Waals surface area contributed by atoms with E-state index in [1.54, 1.807) is 0 Å². The lowest BCUT2D eigenvalue weighted by Crippen LogP contribution is -2.50. The van der Waals surface area contributed by atoms with E-state index in [1.165, 1.54) is 51.5 Å². The summed E-state index contributed by atoms with van der Waals surface area (Å²) >= 11 is 0. The topological polar surface area (TPSA) is 29.3 Å². The van der Waals surface area contributed by atoms with Gasteiger partial charge in [0.1, 0.15) is 0 Å². The maximum atomic E-state index is 6.05. The molecular formula is C16H32N2. The Labute approximate surface area is 113 Å². The van der Waals surface area contributed by atoms with Crippen molar-refractivity contribution in [3.05, 3.63) is 0 Å². The lowest BCUT2D eigenvalue weighted by Gasteiger charge is -2.46. The summed E-state index contributed by atoms with van der Waals surface area (Å²) in [5.41, 5.74) is 6.05. The van der Waals surface area contributed by atoms with Crippen LogP contribution in [0.25, 0.3) is 0 Å². The summed E-state index contributed by atoms with van der Waals surface area (Å²) in [4.78, 5) is 2.83. The van der Waals surface area contributed by atoms with E-state index in [0.717, 1.165) is 23.9 Å². The summed E-state index contributed by atoms with van der Waals surface area (Å²) in [7, 11) is 0. The van der Waals surface area contributed by atoms with Crippen LogP contribution >= 0.6 is 0 Å². The maximum Gasteiger partial charge on any atom is 0.0126 e. The van der Waals surface area contributed by atoms with Crippen LogP contribution in [-0.4, -0.2) is 29.6 Å². The zero-order valence-electron chi connectivity index (χ0n) is 12.6. The van der Waals surface area contributed by atoms with Crippen LogP contribution in [0, 0.1) is 11.8 Å². The number of hydrogen-bond acceptors (Lipinski definition) is 2. The fourth-order valence-electron chi connectivity index (χ4n) is 4.16. The molecule has 0 amide bonds. The predicted molar refractivity (Wildman–Crippen MR) is 78.6 cm³/mol. The predicted octanol–water partition coefficient (Wildman–Crippen LogP) is 3.40. The van der Waals surface area contributed by atoms with Crippen LogP contribution in [0.15, 0.2) is 0 Å². The summed E-state index contributed by atoms with van der Waals surface area (Å²) in [5.74, 6) is 1.81. The van der Waals surface area contributed by atoms with Gasteiger partial charge in [-0.3, -0.25) is 4.90 Å². The SMILES string of the molecule is CCN(C1CCC(N)CC1)C1CC(C)CCC1C. The lowest BCUT2D eigenvalue weighted by atomic mass is 9.78. The molecule has 0 saturated heterocycles. The molecule has 3 unspecified atom stereocenters. The average molecular weight is 252 g/mol. The Morgan fingerprint density at radius 3 is 2.28 bits per heavy atom. The third kappa shape index (κ3) is 3.27. The van der Waals surface area contributed by atoms with Crippen molar-refractivity contribution in [1.29, 1.82) is 0 Å². The van der Waals surface area contributed by atoms with Gasteiger partial charge in [-0.15, -0.1) is 0 Å². The largest absolute Gasteiger partial charge is 0.328 e. The molecule has 0 bridgehead atoms. The van der Waals surface area contributed by atoms with E-state index in [4.69, 9.17) is 5.73 Å². The van der Waals surface area contributed by atoms with Crippen molar-refractivity contribution in [3.63, 3.8) is 0 Å². The molecule has 0 aliphatic heterocycles. The van der Waals surface area contributed by atoms with Gasteiger partial charge < -0.3 is 5.73 Å². The second kappa shape index (κ2) is 6.38. The van der Waals surface area contributed by atoms with E-state index >= 15 is 0 Å². The molecule has 106 valence electrons. The van der Waals surface area contributed by atoms with Gasteiger partial charge in [-0.2, -0.15) is 0 Å². The lowest BCUT2D eigenvalue weighted by molar-refractivity contribution is 0.0406. The molecule has 2 rings (SSSR count). The second-order valence-electron chi connectivity index (χ2n) is 6.86. The Morgan fingerprint density at radius 2 is 1.67 bits per heavy atom. The first-order valence-corrected chi connectivity index (χ1v) is 8.13. The van der Waals surface area contributed by atoms with E-state index < -0.39 is 0 Å². The standard InChI is InChI=1S/C16H32N2/c1-4-18(15-9-7-14(17)8-10-15)16-11-12(2)5-6-13(16)3/h12-16H,4-11,17H2,1-3H3. The fraction of sp³-hybridized carbons (Fsp3) is 1.00. The van der Waals surface area contributed by atoms with Gasteiger partial charge in [-0.25, -0.2) is 0 Å². The number of rotatable bonds is 3. The minimum absolute atomic E-state index is 0.475. The van der Waals surface area contributed by atoms with Crippen molar-refractivity contribution in [2.24, 2.45) is 17.6 Å². The van der Waals surface area contributed by atoms with Crippen molar-refractivity contribution in [3.8, 4) is 0 Å². The van der Waals surface area contributed by atoms with Crippen LogP contribution in [0.1, 0.15) is 65.7 Å². The van der Waals surface area contributed by atoms with E-state index in [-0.39, 0.29) is 0 Å².